The summed E-state index contributed by atoms with van der Waals surface area (Å²) in [6, 6.07) is 4.31. The average molecular weight is 379 g/mol. The number of carbonyl (C=O) groups is 1. The van der Waals surface area contributed by atoms with Crippen LogP contribution in [0.4, 0.5) is 13.2 Å². The summed E-state index contributed by atoms with van der Waals surface area (Å²) in [5.41, 5.74) is -0.743. The second-order valence-corrected chi connectivity index (χ2v) is 7.59. The van der Waals surface area contributed by atoms with Crippen molar-refractivity contribution in [2.24, 2.45) is 0 Å². The third kappa shape index (κ3) is 6.03. The number of hydrogen-bond donors (Lipinski definition) is 1. The van der Waals surface area contributed by atoms with Crippen LogP contribution in [0.2, 0.25) is 10.2 Å². The topological polar surface area (TPSA) is 29.1 Å². The van der Waals surface area contributed by atoms with Gasteiger partial charge in [-0.25, -0.2) is 0 Å². The fourth-order valence-electron chi connectivity index (χ4n) is 1.39. The van der Waals surface area contributed by atoms with Gasteiger partial charge in [0.2, 0.25) is 0 Å². The van der Waals surface area contributed by atoms with Crippen molar-refractivity contribution >= 4 is 37.6 Å². The van der Waals surface area contributed by atoms with Crippen LogP contribution in [0.3, 0.4) is 0 Å². The van der Waals surface area contributed by atoms with Crippen LogP contribution in [0, 0.1) is 12.3 Å². The number of terminal acetylenes is 1. The fourth-order valence-corrected chi connectivity index (χ4v) is 3.38. The van der Waals surface area contributed by atoms with Crippen LogP contribution >= 0.6 is 11.6 Å². The molecule has 1 rings (SSSR count). The van der Waals surface area contributed by atoms with Crippen LogP contribution in [0.25, 0.3) is 0 Å². The van der Waals surface area contributed by atoms with Gasteiger partial charge in [-0.2, -0.15) is 0 Å². The number of alkyl halides is 3. The zero-order valence-electron chi connectivity index (χ0n) is 11.4. The van der Waals surface area contributed by atoms with Gasteiger partial charge >= 0.3 is 133 Å². The van der Waals surface area contributed by atoms with Gasteiger partial charge in [0.25, 0.3) is 0 Å². The zero-order valence-corrected chi connectivity index (χ0v) is 14.0. The molecule has 0 spiro atoms. The van der Waals surface area contributed by atoms with E-state index in [-0.39, 0.29) is 10.6 Å². The molecule has 1 aromatic carbocycles. The third-order valence-corrected chi connectivity index (χ3v) is 5.27. The number of rotatable bonds is 4. The Hall–Kier alpha value is -1.11. The molecule has 1 N–H and O–H groups in total. The predicted molar refractivity (Wildman–Crippen MR) is 78.1 cm³/mol. The van der Waals surface area contributed by atoms with E-state index < -0.39 is 38.6 Å². The Morgan fingerprint density at radius 2 is 2.05 bits per heavy atom. The average Bonchev–Trinajstić information content (AvgIpc) is 2.35. The van der Waals surface area contributed by atoms with Gasteiger partial charge < -0.3 is 0 Å². The van der Waals surface area contributed by atoms with Crippen LogP contribution in [0.1, 0.15) is 24.2 Å². The van der Waals surface area contributed by atoms with Crippen molar-refractivity contribution in [1.82, 2.24) is 5.32 Å². The van der Waals surface area contributed by atoms with Crippen LogP contribution in [-0.2, 0) is 0 Å². The molecule has 0 bridgehead atoms. The Morgan fingerprint density at radius 3 is 2.57 bits per heavy atom. The van der Waals surface area contributed by atoms with Gasteiger partial charge in [0, 0.05) is 0 Å². The quantitative estimate of drug-likeness (QED) is 0.633. The van der Waals surface area contributed by atoms with E-state index in [1.165, 1.54) is 18.2 Å². The van der Waals surface area contributed by atoms with E-state index >= 15 is 0 Å². The second-order valence-electron chi connectivity index (χ2n) is 4.82. The van der Waals surface area contributed by atoms with Crippen LogP contribution < -0.4 is 9.67 Å². The monoisotopic (exact) mass is 378 g/mol. The number of benzene rings is 1. The molecule has 1 aromatic rings. The molecule has 0 saturated heterocycles. The van der Waals surface area contributed by atoms with Gasteiger partial charge in [0.05, 0.1) is 0 Å². The van der Waals surface area contributed by atoms with Gasteiger partial charge in [-0.3, -0.25) is 0 Å². The van der Waals surface area contributed by atoms with Gasteiger partial charge in [0.1, 0.15) is 0 Å². The number of amides is 1. The van der Waals surface area contributed by atoms with Crippen molar-refractivity contribution in [1.29, 1.82) is 0 Å². The molecule has 0 aliphatic rings. The standard InChI is InChI=1S/C14H13AsClF3NO/c1-4-13(2,3)20-12(21)10-7-9(16)5-6-11(10)15-8-14(17,18)19/h1,5-7H,8H2,2-3H3,(H,20,21). The van der Waals surface area contributed by atoms with Crippen molar-refractivity contribution in [3.63, 3.8) is 0 Å². The molecular weight excluding hydrogens is 366 g/mol. The van der Waals surface area contributed by atoms with Crippen molar-refractivity contribution in [3.05, 3.63) is 28.8 Å². The first-order valence-corrected chi connectivity index (χ1v) is 8.52. The Bertz CT molecular complexity index is 579. The molecule has 7 heteroatoms. The van der Waals surface area contributed by atoms with E-state index in [1.807, 2.05) is 0 Å². The normalized spacial score (nSPS) is 12.4. The Balaban J connectivity index is 3.02. The second kappa shape index (κ2) is 6.77. The SMILES string of the molecule is C#CC(C)(C)NC(=O)c1cc(Cl)ccc1[As]CC(F)(F)F. The summed E-state index contributed by atoms with van der Waals surface area (Å²) in [5.74, 6) is 1.87. The molecular formula is C14H13AsClF3NO. The van der Waals surface area contributed by atoms with Crippen molar-refractivity contribution in [2.75, 3.05) is 0 Å². The summed E-state index contributed by atoms with van der Waals surface area (Å²) in [6.07, 6.45) is 1.04. The molecule has 21 heavy (non-hydrogen) atoms. The van der Waals surface area contributed by atoms with E-state index in [0.29, 0.717) is 4.35 Å². The van der Waals surface area contributed by atoms with E-state index in [4.69, 9.17) is 18.0 Å². The zero-order chi connectivity index (χ0) is 16.3. The van der Waals surface area contributed by atoms with Crippen LogP contribution in [-0.4, -0.2) is 33.4 Å². The molecule has 0 aliphatic carbocycles. The third-order valence-electron chi connectivity index (χ3n) is 2.42. The molecule has 0 fully saturated rings. The van der Waals surface area contributed by atoms with Crippen molar-refractivity contribution in [3.8, 4) is 12.3 Å². The minimum atomic E-state index is -4.24. The van der Waals surface area contributed by atoms with Gasteiger partial charge in [-0.1, -0.05) is 0 Å². The number of halogens is 4. The number of hydrogen-bond acceptors (Lipinski definition) is 1. The summed E-state index contributed by atoms with van der Waals surface area (Å²) in [4.78, 5) is 12.2. The predicted octanol–water partition coefficient (Wildman–Crippen LogP) is 2.79. The van der Waals surface area contributed by atoms with E-state index in [1.54, 1.807) is 13.8 Å². The first-order valence-electron chi connectivity index (χ1n) is 5.88. The summed E-state index contributed by atoms with van der Waals surface area (Å²) >= 11 is 4.61. The molecule has 1 amide bonds. The Kier molecular flexibility index (Phi) is 5.78. The molecule has 0 heterocycles. The van der Waals surface area contributed by atoms with Gasteiger partial charge in [-0.15, -0.1) is 0 Å². The summed E-state index contributed by atoms with van der Waals surface area (Å²) in [5, 5.41) is 1.96. The maximum absolute atomic E-state index is 12.3. The Morgan fingerprint density at radius 1 is 1.43 bits per heavy atom. The molecule has 0 aromatic heterocycles. The first-order chi connectivity index (χ1) is 9.54. The minimum absolute atomic E-state index is 0.148. The molecule has 0 aliphatic heterocycles. The number of nitrogens with one attached hydrogen (secondary N) is 1. The molecule has 113 valence electrons. The molecule has 0 saturated carbocycles. The molecule has 0 unspecified atom stereocenters. The summed E-state index contributed by atoms with van der Waals surface area (Å²) < 4.78 is 37.4. The van der Waals surface area contributed by atoms with E-state index in [0.717, 1.165) is 0 Å². The van der Waals surface area contributed by atoms with Gasteiger partial charge in [-0.05, 0) is 0 Å². The van der Waals surface area contributed by atoms with Crippen molar-refractivity contribution < 1.29 is 18.0 Å². The van der Waals surface area contributed by atoms with Crippen molar-refractivity contribution in [2.45, 2.75) is 30.8 Å². The van der Waals surface area contributed by atoms with E-state index in [9.17, 15) is 18.0 Å². The molecule has 1 radical (unpaired) electrons. The molecule has 2 nitrogen and oxygen atoms in total. The fraction of sp³-hybridized carbons (Fsp3) is 0.357. The van der Waals surface area contributed by atoms with Crippen LogP contribution in [0.5, 0.6) is 0 Å². The van der Waals surface area contributed by atoms with E-state index in [2.05, 4.69) is 11.2 Å². The summed E-state index contributed by atoms with van der Waals surface area (Å²) in [6.45, 7) is 3.25. The Labute approximate surface area is 133 Å². The first kappa shape index (κ1) is 17.9. The molecule has 0 atom stereocenters. The summed E-state index contributed by atoms with van der Waals surface area (Å²) in [7, 11) is 0. The number of carbonyl (C=O) groups excluding carboxylic acids is 1. The maximum atomic E-state index is 12.3. The van der Waals surface area contributed by atoms with Crippen LogP contribution in [0.15, 0.2) is 18.2 Å². The van der Waals surface area contributed by atoms with Gasteiger partial charge in [0.15, 0.2) is 0 Å².